The average molecular weight is 364 g/mol. The summed E-state index contributed by atoms with van der Waals surface area (Å²) in [6, 6.07) is 3.98. The first kappa shape index (κ1) is 17.1. The Morgan fingerprint density at radius 2 is 2.07 bits per heavy atom. The molecule has 1 atom stereocenters. The molecule has 1 amide bonds. The van der Waals surface area contributed by atoms with Crippen LogP contribution >= 0.6 is 0 Å². The summed E-state index contributed by atoms with van der Waals surface area (Å²) >= 11 is 0. The minimum Gasteiger partial charge on any atom is -0.337 e. The standard InChI is InChI=1S/C19H20N6O2/c26-17-11-22-16(10-23-17)19(27)25-8-1-2-15(13-25)18-21-7-9-24(18)12-14-3-5-20-6-4-14/h3-7,9-11,15H,1-2,8,12-13H2,(H,23,26)/t15-/m0/s1. The predicted octanol–water partition coefficient (Wildman–Crippen LogP) is 1.43. The van der Waals surface area contributed by atoms with Crippen LogP contribution in [-0.4, -0.2) is 48.4 Å². The van der Waals surface area contributed by atoms with Gasteiger partial charge in [0.15, 0.2) is 0 Å². The third-order valence-electron chi connectivity index (χ3n) is 4.81. The van der Waals surface area contributed by atoms with Gasteiger partial charge in [0.25, 0.3) is 11.5 Å². The number of likely N-dealkylation sites (tertiary alicyclic amines) is 1. The van der Waals surface area contributed by atoms with Gasteiger partial charge >= 0.3 is 0 Å². The van der Waals surface area contributed by atoms with Crippen molar-refractivity contribution in [2.24, 2.45) is 0 Å². The van der Waals surface area contributed by atoms with E-state index in [1.165, 1.54) is 6.20 Å². The second-order valence-corrected chi connectivity index (χ2v) is 6.66. The van der Waals surface area contributed by atoms with E-state index in [-0.39, 0.29) is 23.1 Å². The van der Waals surface area contributed by atoms with Gasteiger partial charge in [0.05, 0.1) is 6.20 Å². The molecule has 8 heteroatoms. The van der Waals surface area contributed by atoms with E-state index in [4.69, 9.17) is 0 Å². The molecule has 0 spiro atoms. The topological polar surface area (TPSA) is 96.8 Å². The smallest absolute Gasteiger partial charge is 0.273 e. The van der Waals surface area contributed by atoms with Crippen LogP contribution in [0.15, 0.2) is 54.1 Å². The normalized spacial score (nSPS) is 17.0. The Kier molecular flexibility index (Phi) is 4.78. The van der Waals surface area contributed by atoms with Crippen molar-refractivity contribution >= 4 is 5.91 Å². The summed E-state index contributed by atoms with van der Waals surface area (Å²) in [6.07, 6.45) is 11.7. The fourth-order valence-corrected chi connectivity index (χ4v) is 3.49. The second-order valence-electron chi connectivity index (χ2n) is 6.66. The summed E-state index contributed by atoms with van der Waals surface area (Å²) in [4.78, 5) is 40.7. The van der Waals surface area contributed by atoms with Crippen LogP contribution in [-0.2, 0) is 6.54 Å². The molecule has 1 N–H and O–H groups in total. The van der Waals surface area contributed by atoms with Gasteiger partial charge < -0.3 is 14.5 Å². The van der Waals surface area contributed by atoms with Crippen molar-refractivity contribution < 1.29 is 4.79 Å². The summed E-state index contributed by atoms with van der Waals surface area (Å²) in [5, 5.41) is 0. The zero-order valence-electron chi connectivity index (χ0n) is 14.8. The van der Waals surface area contributed by atoms with Crippen LogP contribution in [0, 0.1) is 0 Å². The maximum Gasteiger partial charge on any atom is 0.273 e. The van der Waals surface area contributed by atoms with Crippen LogP contribution in [0.5, 0.6) is 0 Å². The maximum absolute atomic E-state index is 12.7. The van der Waals surface area contributed by atoms with E-state index in [0.29, 0.717) is 13.1 Å². The van der Waals surface area contributed by atoms with Gasteiger partial charge in [-0.15, -0.1) is 0 Å². The number of imidazole rings is 1. The molecule has 0 aromatic carbocycles. The van der Waals surface area contributed by atoms with Gasteiger partial charge in [-0.05, 0) is 30.5 Å². The van der Waals surface area contributed by atoms with E-state index in [2.05, 4.69) is 24.5 Å². The number of H-pyrrole nitrogens is 1. The number of aromatic nitrogens is 5. The lowest BCUT2D eigenvalue weighted by Crippen LogP contribution is -2.40. The van der Waals surface area contributed by atoms with Gasteiger partial charge in [-0.2, -0.15) is 0 Å². The van der Waals surface area contributed by atoms with Crippen molar-refractivity contribution in [2.45, 2.75) is 25.3 Å². The maximum atomic E-state index is 12.7. The van der Waals surface area contributed by atoms with Gasteiger partial charge in [-0.3, -0.25) is 14.6 Å². The molecule has 0 radical (unpaired) electrons. The number of amides is 1. The van der Waals surface area contributed by atoms with Crippen LogP contribution in [0.4, 0.5) is 0 Å². The zero-order chi connectivity index (χ0) is 18.6. The monoisotopic (exact) mass is 364 g/mol. The predicted molar refractivity (Wildman–Crippen MR) is 98.3 cm³/mol. The van der Waals surface area contributed by atoms with Gasteiger partial charge in [-0.1, -0.05) is 0 Å². The molecule has 0 unspecified atom stereocenters. The molecule has 3 aromatic rings. The molecular formula is C19H20N6O2. The van der Waals surface area contributed by atoms with Crippen molar-refractivity contribution in [3.8, 4) is 0 Å². The van der Waals surface area contributed by atoms with Gasteiger partial charge in [0.1, 0.15) is 11.5 Å². The lowest BCUT2D eigenvalue weighted by molar-refractivity contribution is 0.0697. The van der Waals surface area contributed by atoms with Crippen LogP contribution in [0.1, 0.15) is 40.6 Å². The number of hydrogen-bond acceptors (Lipinski definition) is 5. The van der Waals surface area contributed by atoms with E-state index in [1.807, 2.05) is 18.3 Å². The molecule has 1 saturated heterocycles. The molecule has 1 aliphatic heterocycles. The highest BCUT2D eigenvalue weighted by molar-refractivity contribution is 5.92. The first-order valence-electron chi connectivity index (χ1n) is 8.94. The van der Waals surface area contributed by atoms with Crippen LogP contribution < -0.4 is 5.56 Å². The van der Waals surface area contributed by atoms with Crippen molar-refractivity contribution in [1.82, 2.24) is 29.4 Å². The molecule has 1 fully saturated rings. The summed E-state index contributed by atoms with van der Waals surface area (Å²) in [5.41, 5.74) is 1.10. The van der Waals surface area contributed by atoms with Crippen molar-refractivity contribution in [2.75, 3.05) is 13.1 Å². The molecule has 0 bridgehead atoms. The third kappa shape index (κ3) is 3.79. The molecule has 1 aliphatic rings. The number of carbonyl (C=O) groups is 1. The lowest BCUT2D eigenvalue weighted by Gasteiger charge is -2.32. The Labute approximate surface area is 155 Å². The summed E-state index contributed by atoms with van der Waals surface area (Å²) in [5.74, 6) is 0.990. The molecule has 0 saturated carbocycles. The largest absolute Gasteiger partial charge is 0.337 e. The number of nitrogens with one attached hydrogen (secondary N) is 1. The fourth-order valence-electron chi connectivity index (χ4n) is 3.49. The molecule has 138 valence electrons. The highest BCUT2D eigenvalue weighted by Crippen LogP contribution is 2.27. The first-order valence-corrected chi connectivity index (χ1v) is 8.94. The minimum atomic E-state index is -0.318. The number of piperidine rings is 1. The Balaban J connectivity index is 1.50. The van der Waals surface area contributed by atoms with Crippen LogP contribution in [0.2, 0.25) is 0 Å². The molecule has 8 nitrogen and oxygen atoms in total. The van der Waals surface area contributed by atoms with Crippen molar-refractivity contribution in [3.05, 3.63) is 76.7 Å². The van der Waals surface area contributed by atoms with E-state index >= 15 is 0 Å². The number of hydrogen-bond donors (Lipinski definition) is 1. The highest BCUT2D eigenvalue weighted by Gasteiger charge is 2.28. The Bertz CT molecular complexity index is 961. The van der Waals surface area contributed by atoms with E-state index in [1.54, 1.807) is 23.5 Å². The van der Waals surface area contributed by atoms with E-state index in [9.17, 15) is 9.59 Å². The number of pyridine rings is 1. The Hall–Kier alpha value is -3.29. The van der Waals surface area contributed by atoms with Crippen molar-refractivity contribution in [3.63, 3.8) is 0 Å². The summed E-state index contributed by atoms with van der Waals surface area (Å²) < 4.78 is 2.13. The SMILES string of the molecule is O=C(c1c[nH]c(=O)cn1)N1CCC[C@H](c2nccn2Cc2ccncc2)C1. The number of carbonyl (C=O) groups excluding carboxylic acids is 1. The average Bonchev–Trinajstić information content (AvgIpc) is 3.17. The van der Waals surface area contributed by atoms with Gasteiger partial charge in [0, 0.05) is 56.5 Å². The molecule has 4 rings (SSSR count). The van der Waals surface area contributed by atoms with E-state index < -0.39 is 0 Å². The summed E-state index contributed by atoms with van der Waals surface area (Å²) in [7, 11) is 0. The molecule has 4 heterocycles. The number of nitrogens with zero attached hydrogens (tertiary/aromatic N) is 5. The highest BCUT2D eigenvalue weighted by atomic mass is 16.2. The van der Waals surface area contributed by atoms with Crippen molar-refractivity contribution in [1.29, 1.82) is 0 Å². The third-order valence-corrected chi connectivity index (χ3v) is 4.81. The van der Waals surface area contributed by atoms with Crippen LogP contribution in [0.25, 0.3) is 0 Å². The van der Waals surface area contributed by atoms with E-state index in [0.717, 1.165) is 37.0 Å². The first-order chi connectivity index (χ1) is 13.2. The Morgan fingerprint density at radius 1 is 1.22 bits per heavy atom. The zero-order valence-corrected chi connectivity index (χ0v) is 14.8. The lowest BCUT2D eigenvalue weighted by atomic mass is 9.96. The Morgan fingerprint density at radius 3 is 2.85 bits per heavy atom. The molecule has 27 heavy (non-hydrogen) atoms. The minimum absolute atomic E-state index is 0.164. The molecule has 0 aliphatic carbocycles. The van der Waals surface area contributed by atoms with Crippen LogP contribution in [0.3, 0.4) is 0 Å². The number of aromatic amines is 1. The summed E-state index contributed by atoms with van der Waals surface area (Å²) in [6.45, 7) is 2.00. The van der Waals surface area contributed by atoms with Gasteiger partial charge in [-0.25, -0.2) is 9.97 Å². The molecular weight excluding hydrogens is 344 g/mol. The quantitative estimate of drug-likeness (QED) is 0.755. The fraction of sp³-hybridized carbons (Fsp3) is 0.316. The second kappa shape index (κ2) is 7.53. The molecule has 3 aromatic heterocycles. The van der Waals surface area contributed by atoms with Gasteiger partial charge in [0.2, 0.25) is 0 Å². The number of rotatable bonds is 4.